The highest BCUT2D eigenvalue weighted by Gasteiger charge is 2.34. The summed E-state index contributed by atoms with van der Waals surface area (Å²) < 4.78 is 35.3. The molecule has 128 valence electrons. The molecule has 1 aliphatic heterocycles. The van der Waals surface area contributed by atoms with Crippen LogP contribution in [0.3, 0.4) is 0 Å². The lowest BCUT2D eigenvalue weighted by Crippen LogP contribution is -2.52. The average Bonchev–Trinajstić information content (AvgIpc) is 3.11. The van der Waals surface area contributed by atoms with E-state index in [4.69, 9.17) is 0 Å². The van der Waals surface area contributed by atoms with E-state index in [2.05, 4.69) is 13.7 Å². The third-order valence-corrected chi connectivity index (χ3v) is 6.43. The van der Waals surface area contributed by atoms with Crippen LogP contribution in [0.25, 0.3) is 11.0 Å². The Morgan fingerprint density at radius 1 is 1.08 bits per heavy atom. The van der Waals surface area contributed by atoms with Crippen LogP contribution < -0.4 is 4.90 Å². The Morgan fingerprint density at radius 3 is 2.72 bits per heavy atom. The topological polar surface area (TPSA) is 96.4 Å². The van der Waals surface area contributed by atoms with E-state index in [-0.39, 0.29) is 30.4 Å². The van der Waals surface area contributed by atoms with Crippen molar-refractivity contribution in [2.75, 3.05) is 24.5 Å². The molecule has 0 radical (unpaired) electrons. The molecule has 8 nitrogen and oxygen atoms in total. The molecule has 4 rings (SSSR count). The zero-order valence-corrected chi connectivity index (χ0v) is 14.6. The van der Waals surface area contributed by atoms with Gasteiger partial charge in [-0.1, -0.05) is 6.07 Å². The van der Waals surface area contributed by atoms with Gasteiger partial charge in [-0.2, -0.15) is 13.1 Å². The van der Waals surface area contributed by atoms with Crippen LogP contribution in [-0.2, 0) is 14.8 Å². The van der Waals surface area contributed by atoms with Crippen molar-refractivity contribution in [1.82, 2.24) is 18.0 Å². The lowest BCUT2D eigenvalue weighted by Gasteiger charge is -2.33. The molecular formula is C15H13N5O3S2. The molecule has 3 heterocycles. The first kappa shape index (κ1) is 16.1. The van der Waals surface area contributed by atoms with E-state index in [1.54, 1.807) is 41.6 Å². The highest BCUT2D eigenvalue weighted by molar-refractivity contribution is 7.89. The standard InChI is InChI=1S/C15H13N5O3S2/c21-14-10-19(7-8-20(14)11-3-2-6-16-9-11)25(22,23)13-5-1-4-12-15(13)18-24-17-12/h1-6,9H,7-8,10H2. The SMILES string of the molecule is O=C1CN(S(=O)(=O)c2cccc3nsnc23)CCN1c1cccnc1. The number of amides is 1. The van der Waals surface area contributed by atoms with Crippen LogP contribution in [0, 0.1) is 0 Å². The second-order valence-corrected chi connectivity index (χ2v) is 7.92. The number of carbonyl (C=O) groups excluding carboxylic acids is 1. The van der Waals surface area contributed by atoms with E-state index in [1.165, 1.54) is 10.4 Å². The van der Waals surface area contributed by atoms with Crippen LogP contribution >= 0.6 is 11.7 Å². The Bertz CT molecular complexity index is 1040. The number of rotatable bonds is 3. The van der Waals surface area contributed by atoms with Gasteiger partial charge in [-0.25, -0.2) is 8.42 Å². The second-order valence-electron chi connectivity index (χ2n) is 5.48. The van der Waals surface area contributed by atoms with Gasteiger partial charge in [0.1, 0.15) is 15.9 Å². The van der Waals surface area contributed by atoms with Crippen LogP contribution in [0.5, 0.6) is 0 Å². The lowest BCUT2D eigenvalue weighted by atomic mass is 10.3. The highest BCUT2D eigenvalue weighted by atomic mass is 32.2. The summed E-state index contributed by atoms with van der Waals surface area (Å²) in [5.74, 6) is -0.286. The van der Waals surface area contributed by atoms with Gasteiger partial charge in [-0.15, -0.1) is 0 Å². The lowest BCUT2D eigenvalue weighted by molar-refractivity contribution is -0.119. The van der Waals surface area contributed by atoms with Crippen molar-refractivity contribution in [2.24, 2.45) is 0 Å². The molecule has 1 aliphatic rings. The molecule has 0 aliphatic carbocycles. The summed E-state index contributed by atoms with van der Waals surface area (Å²) >= 11 is 0.963. The van der Waals surface area contributed by atoms with Crippen LogP contribution in [-0.4, -0.2) is 52.0 Å². The van der Waals surface area contributed by atoms with Crippen LogP contribution in [0.2, 0.25) is 0 Å². The molecule has 25 heavy (non-hydrogen) atoms. The van der Waals surface area contributed by atoms with Crippen molar-refractivity contribution in [3.05, 3.63) is 42.7 Å². The van der Waals surface area contributed by atoms with Crippen molar-refractivity contribution < 1.29 is 13.2 Å². The number of pyridine rings is 1. The average molecular weight is 375 g/mol. The molecule has 0 saturated carbocycles. The van der Waals surface area contributed by atoms with Gasteiger partial charge in [0, 0.05) is 19.3 Å². The fraction of sp³-hybridized carbons (Fsp3) is 0.200. The van der Waals surface area contributed by atoms with Crippen LogP contribution in [0.1, 0.15) is 0 Å². The smallest absolute Gasteiger partial charge is 0.245 e. The Morgan fingerprint density at radius 2 is 1.96 bits per heavy atom. The maximum absolute atomic E-state index is 13.0. The van der Waals surface area contributed by atoms with Gasteiger partial charge >= 0.3 is 0 Å². The maximum Gasteiger partial charge on any atom is 0.245 e. The Balaban J connectivity index is 1.63. The minimum Gasteiger partial charge on any atom is -0.308 e. The van der Waals surface area contributed by atoms with Gasteiger partial charge in [0.2, 0.25) is 15.9 Å². The summed E-state index contributed by atoms with van der Waals surface area (Å²) in [6.07, 6.45) is 3.21. The number of nitrogens with zero attached hydrogens (tertiary/aromatic N) is 5. The van der Waals surface area contributed by atoms with Gasteiger partial charge in [0.15, 0.2) is 0 Å². The van der Waals surface area contributed by atoms with Crippen molar-refractivity contribution in [3.8, 4) is 0 Å². The molecule has 0 atom stereocenters. The molecule has 0 unspecified atom stereocenters. The zero-order chi connectivity index (χ0) is 17.4. The van der Waals surface area contributed by atoms with Gasteiger partial charge in [0.25, 0.3) is 0 Å². The molecule has 1 aromatic carbocycles. The number of piperazine rings is 1. The van der Waals surface area contributed by atoms with E-state index in [0.29, 0.717) is 16.7 Å². The maximum atomic E-state index is 13.0. The number of benzene rings is 1. The summed E-state index contributed by atoms with van der Waals surface area (Å²) in [5, 5.41) is 0. The number of fused-ring (bicyclic) bond motifs is 1. The fourth-order valence-electron chi connectivity index (χ4n) is 2.77. The van der Waals surface area contributed by atoms with E-state index in [9.17, 15) is 13.2 Å². The molecular weight excluding hydrogens is 362 g/mol. The predicted molar refractivity (Wildman–Crippen MR) is 92.8 cm³/mol. The number of aromatic nitrogens is 3. The quantitative estimate of drug-likeness (QED) is 0.681. The van der Waals surface area contributed by atoms with Gasteiger partial charge < -0.3 is 4.90 Å². The minimum atomic E-state index is -3.82. The van der Waals surface area contributed by atoms with E-state index in [0.717, 1.165) is 11.7 Å². The number of anilines is 1. The number of hydrogen-bond acceptors (Lipinski definition) is 7. The molecule has 0 N–H and O–H groups in total. The third-order valence-electron chi connectivity index (χ3n) is 4.01. The molecule has 10 heteroatoms. The minimum absolute atomic E-state index is 0.0846. The summed E-state index contributed by atoms with van der Waals surface area (Å²) in [4.78, 5) is 18.1. The van der Waals surface area contributed by atoms with E-state index < -0.39 is 10.0 Å². The molecule has 3 aromatic rings. The molecule has 0 spiro atoms. The number of carbonyl (C=O) groups is 1. The van der Waals surface area contributed by atoms with Gasteiger partial charge in [0.05, 0.1) is 30.2 Å². The number of hydrogen-bond donors (Lipinski definition) is 0. The van der Waals surface area contributed by atoms with Crippen LogP contribution in [0.4, 0.5) is 5.69 Å². The van der Waals surface area contributed by atoms with Gasteiger partial charge in [-0.05, 0) is 24.3 Å². The first-order valence-corrected chi connectivity index (χ1v) is 9.66. The molecule has 2 aromatic heterocycles. The third kappa shape index (κ3) is 2.77. The molecule has 0 bridgehead atoms. The van der Waals surface area contributed by atoms with Crippen LogP contribution in [0.15, 0.2) is 47.6 Å². The zero-order valence-electron chi connectivity index (χ0n) is 12.9. The largest absolute Gasteiger partial charge is 0.308 e. The Labute approximate surface area is 148 Å². The second kappa shape index (κ2) is 6.14. The summed E-state index contributed by atoms with van der Waals surface area (Å²) in [5.41, 5.74) is 1.54. The van der Waals surface area contributed by atoms with Gasteiger partial charge in [-0.3, -0.25) is 9.78 Å². The van der Waals surface area contributed by atoms with E-state index in [1.807, 2.05) is 0 Å². The first-order valence-electron chi connectivity index (χ1n) is 7.49. The highest BCUT2D eigenvalue weighted by Crippen LogP contribution is 2.26. The predicted octanol–water partition coefficient (Wildman–Crippen LogP) is 1.12. The molecule has 1 amide bonds. The monoisotopic (exact) mass is 375 g/mol. The Hall–Kier alpha value is -2.43. The summed E-state index contributed by atoms with van der Waals surface area (Å²) in [6, 6.07) is 8.35. The summed E-state index contributed by atoms with van der Waals surface area (Å²) in [7, 11) is -3.82. The molecule has 1 saturated heterocycles. The van der Waals surface area contributed by atoms with Crippen molar-refractivity contribution in [1.29, 1.82) is 0 Å². The summed E-state index contributed by atoms with van der Waals surface area (Å²) in [6.45, 7) is 0.261. The fourth-order valence-corrected chi connectivity index (χ4v) is 4.90. The Kier molecular flexibility index (Phi) is 3.94. The molecule has 1 fully saturated rings. The van der Waals surface area contributed by atoms with Crippen molar-refractivity contribution in [2.45, 2.75) is 4.90 Å². The van der Waals surface area contributed by atoms with Crippen molar-refractivity contribution in [3.63, 3.8) is 0 Å². The first-order chi connectivity index (χ1) is 12.1. The van der Waals surface area contributed by atoms with Crippen molar-refractivity contribution >= 4 is 44.4 Å². The normalized spacial score (nSPS) is 16.5. The van der Waals surface area contributed by atoms with E-state index >= 15 is 0 Å². The number of sulfonamides is 1.